The molecule has 0 fully saturated rings. The average molecular weight is 393 g/mol. The summed E-state index contributed by atoms with van der Waals surface area (Å²) in [6, 6.07) is 7.45. The van der Waals surface area contributed by atoms with E-state index in [1.807, 2.05) is 24.3 Å². The molecule has 152 valence electrons. The minimum Gasteiger partial charge on any atom is -0.497 e. The number of hydrogen-bond acceptors (Lipinski definition) is 3. The molecule has 1 aromatic carbocycles. The zero-order valence-corrected chi connectivity index (χ0v) is 17.8. The third-order valence-corrected chi connectivity index (χ3v) is 4.79. The molecule has 27 heavy (non-hydrogen) atoms. The molecule has 0 aliphatic rings. The lowest BCUT2D eigenvalue weighted by molar-refractivity contribution is -0.119. The Hall–Kier alpha value is -1.62. The van der Waals surface area contributed by atoms with Gasteiger partial charge in [-0.05, 0) is 30.8 Å². The van der Waals surface area contributed by atoms with Crippen molar-refractivity contribution in [1.82, 2.24) is 5.32 Å². The van der Waals surface area contributed by atoms with Crippen LogP contribution in [0.2, 0.25) is 0 Å². The molecule has 0 aliphatic heterocycles. The molecular formula is C22H36N2O2S. The molecule has 0 saturated heterocycles. The van der Waals surface area contributed by atoms with Gasteiger partial charge in [0, 0.05) is 18.2 Å². The standard InChI is InChI=1S/C22H36N2O2S/c1-3-4-5-6-7-8-9-10-11-12-13-17-21(25)24-22(27)23-19-15-14-16-20(18-19)26-2/h14-16,18H,3-13,17H2,1-2H3,(H2,23,24,25,27). The number of anilines is 1. The second kappa shape index (κ2) is 15.4. The monoisotopic (exact) mass is 392 g/mol. The van der Waals surface area contributed by atoms with Gasteiger partial charge < -0.3 is 15.4 Å². The quantitative estimate of drug-likeness (QED) is 0.292. The third-order valence-electron chi connectivity index (χ3n) is 4.59. The summed E-state index contributed by atoms with van der Waals surface area (Å²) in [6.07, 6.45) is 14.6. The molecule has 4 nitrogen and oxygen atoms in total. The lowest BCUT2D eigenvalue weighted by Gasteiger charge is -2.10. The number of nitrogens with one attached hydrogen (secondary N) is 2. The van der Waals surface area contributed by atoms with Gasteiger partial charge in [-0.2, -0.15) is 0 Å². The van der Waals surface area contributed by atoms with Crippen LogP contribution < -0.4 is 15.4 Å². The Morgan fingerprint density at radius 1 is 0.963 bits per heavy atom. The number of carbonyl (C=O) groups is 1. The predicted octanol–water partition coefficient (Wildman–Crippen LogP) is 6.21. The SMILES string of the molecule is CCCCCCCCCCCCCC(=O)NC(=S)Nc1cccc(OC)c1. The third kappa shape index (κ3) is 12.4. The van der Waals surface area contributed by atoms with Gasteiger partial charge in [-0.15, -0.1) is 0 Å². The van der Waals surface area contributed by atoms with Crippen LogP contribution in [0.25, 0.3) is 0 Å². The Labute approximate surface area is 170 Å². The Kier molecular flexibility index (Phi) is 13.4. The molecule has 5 heteroatoms. The fourth-order valence-electron chi connectivity index (χ4n) is 3.00. The molecule has 0 unspecified atom stereocenters. The number of thiocarbonyl (C=S) groups is 1. The molecular weight excluding hydrogens is 356 g/mol. The van der Waals surface area contributed by atoms with Crippen LogP contribution in [-0.4, -0.2) is 18.1 Å². The van der Waals surface area contributed by atoms with Crippen LogP contribution >= 0.6 is 12.2 Å². The highest BCUT2D eigenvalue weighted by Crippen LogP contribution is 2.16. The first-order chi connectivity index (χ1) is 13.2. The molecule has 2 N–H and O–H groups in total. The Morgan fingerprint density at radius 3 is 2.15 bits per heavy atom. The summed E-state index contributed by atoms with van der Waals surface area (Å²) in [5.41, 5.74) is 0.800. The minimum atomic E-state index is -0.0219. The number of rotatable bonds is 14. The first-order valence-corrected chi connectivity index (χ1v) is 10.8. The second-order valence-electron chi connectivity index (χ2n) is 7.02. The van der Waals surface area contributed by atoms with Gasteiger partial charge >= 0.3 is 0 Å². The molecule has 0 saturated carbocycles. The normalized spacial score (nSPS) is 10.4. The number of amides is 1. The molecule has 1 rings (SSSR count). The summed E-state index contributed by atoms with van der Waals surface area (Å²) < 4.78 is 5.17. The number of benzene rings is 1. The summed E-state index contributed by atoms with van der Waals surface area (Å²) in [7, 11) is 1.62. The summed E-state index contributed by atoms with van der Waals surface area (Å²) in [4.78, 5) is 12.0. The van der Waals surface area contributed by atoms with Crippen molar-refractivity contribution in [2.45, 2.75) is 84.0 Å². The van der Waals surface area contributed by atoms with E-state index in [9.17, 15) is 4.79 Å². The van der Waals surface area contributed by atoms with Crippen molar-refractivity contribution in [3.05, 3.63) is 24.3 Å². The minimum absolute atomic E-state index is 0.0219. The van der Waals surface area contributed by atoms with Gasteiger partial charge in [-0.25, -0.2) is 0 Å². The van der Waals surface area contributed by atoms with E-state index in [-0.39, 0.29) is 5.91 Å². The zero-order valence-electron chi connectivity index (χ0n) is 17.0. The number of hydrogen-bond donors (Lipinski definition) is 2. The maximum atomic E-state index is 12.0. The molecule has 0 heterocycles. The highest BCUT2D eigenvalue weighted by Gasteiger charge is 2.05. The number of unbranched alkanes of at least 4 members (excludes halogenated alkanes) is 10. The number of carbonyl (C=O) groups excluding carboxylic acids is 1. The van der Waals surface area contributed by atoms with Gasteiger partial charge in [0.15, 0.2) is 5.11 Å². The fourth-order valence-corrected chi connectivity index (χ4v) is 3.23. The van der Waals surface area contributed by atoms with Gasteiger partial charge in [-0.1, -0.05) is 77.2 Å². The zero-order chi connectivity index (χ0) is 19.7. The Balaban J connectivity index is 2.01. The summed E-state index contributed by atoms with van der Waals surface area (Å²) >= 11 is 5.20. The summed E-state index contributed by atoms with van der Waals surface area (Å²) in [6.45, 7) is 2.25. The number of methoxy groups -OCH3 is 1. The van der Waals surface area contributed by atoms with Gasteiger partial charge in [0.25, 0.3) is 0 Å². The van der Waals surface area contributed by atoms with Crippen molar-refractivity contribution in [3.8, 4) is 5.75 Å². The van der Waals surface area contributed by atoms with E-state index < -0.39 is 0 Å². The molecule has 1 aromatic rings. The van der Waals surface area contributed by atoms with E-state index in [0.717, 1.165) is 24.3 Å². The van der Waals surface area contributed by atoms with Crippen molar-refractivity contribution < 1.29 is 9.53 Å². The fraction of sp³-hybridized carbons (Fsp3) is 0.636. The highest BCUT2D eigenvalue weighted by molar-refractivity contribution is 7.80. The van der Waals surface area contributed by atoms with Crippen molar-refractivity contribution >= 4 is 28.9 Å². The molecule has 0 spiro atoms. The molecule has 0 aliphatic carbocycles. The summed E-state index contributed by atoms with van der Waals surface area (Å²) in [5.74, 6) is 0.724. The van der Waals surface area contributed by atoms with Gasteiger partial charge in [0.2, 0.25) is 5.91 Å². The van der Waals surface area contributed by atoms with Gasteiger partial charge in [-0.3, -0.25) is 4.79 Å². The van der Waals surface area contributed by atoms with Crippen molar-refractivity contribution in [1.29, 1.82) is 0 Å². The first-order valence-electron chi connectivity index (χ1n) is 10.4. The van der Waals surface area contributed by atoms with E-state index in [1.54, 1.807) is 7.11 Å². The van der Waals surface area contributed by atoms with E-state index in [0.29, 0.717) is 11.5 Å². The number of ether oxygens (including phenoxy) is 1. The van der Waals surface area contributed by atoms with Crippen LogP contribution in [0.3, 0.4) is 0 Å². The Bertz CT molecular complexity index is 549. The predicted molar refractivity (Wildman–Crippen MR) is 118 cm³/mol. The molecule has 0 radical (unpaired) electrons. The highest BCUT2D eigenvalue weighted by atomic mass is 32.1. The topological polar surface area (TPSA) is 50.4 Å². The van der Waals surface area contributed by atoms with Gasteiger partial charge in [0.05, 0.1) is 7.11 Å². The molecule has 0 aromatic heterocycles. The second-order valence-corrected chi connectivity index (χ2v) is 7.43. The summed E-state index contributed by atoms with van der Waals surface area (Å²) in [5, 5.41) is 6.08. The lowest BCUT2D eigenvalue weighted by Crippen LogP contribution is -2.33. The lowest BCUT2D eigenvalue weighted by atomic mass is 10.1. The van der Waals surface area contributed by atoms with Crippen molar-refractivity contribution in [2.24, 2.45) is 0 Å². The van der Waals surface area contributed by atoms with E-state index in [1.165, 1.54) is 57.8 Å². The van der Waals surface area contributed by atoms with Crippen molar-refractivity contribution in [2.75, 3.05) is 12.4 Å². The van der Waals surface area contributed by atoms with E-state index in [2.05, 4.69) is 17.6 Å². The van der Waals surface area contributed by atoms with E-state index in [4.69, 9.17) is 17.0 Å². The van der Waals surface area contributed by atoms with Crippen LogP contribution in [0, 0.1) is 0 Å². The van der Waals surface area contributed by atoms with Crippen LogP contribution in [0.4, 0.5) is 5.69 Å². The first kappa shape index (κ1) is 23.4. The Morgan fingerprint density at radius 2 is 1.56 bits per heavy atom. The van der Waals surface area contributed by atoms with Crippen LogP contribution in [0.5, 0.6) is 5.75 Å². The van der Waals surface area contributed by atoms with Crippen molar-refractivity contribution in [3.63, 3.8) is 0 Å². The largest absolute Gasteiger partial charge is 0.497 e. The molecule has 0 bridgehead atoms. The maximum absolute atomic E-state index is 12.0. The van der Waals surface area contributed by atoms with Crippen LogP contribution in [0.15, 0.2) is 24.3 Å². The van der Waals surface area contributed by atoms with Gasteiger partial charge in [0.1, 0.15) is 5.75 Å². The molecule has 0 atom stereocenters. The smallest absolute Gasteiger partial charge is 0.226 e. The van der Waals surface area contributed by atoms with Crippen LogP contribution in [-0.2, 0) is 4.79 Å². The molecule has 1 amide bonds. The van der Waals surface area contributed by atoms with Crippen LogP contribution in [0.1, 0.15) is 84.0 Å². The average Bonchev–Trinajstić information content (AvgIpc) is 2.66. The van der Waals surface area contributed by atoms with E-state index >= 15 is 0 Å². The maximum Gasteiger partial charge on any atom is 0.226 e.